The first-order valence-electron chi connectivity index (χ1n) is 20.2. The number of carbonyl (C=O) groups excluding carboxylic acids is 3. The van der Waals surface area contributed by atoms with Gasteiger partial charge in [-0.1, -0.05) is 26.0 Å². The summed E-state index contributed by atoms with van der Waals surface area (Å²) in [7, 11) is 1.52. The molecule has 322 valence electrons. The van der Waals surface area contributed by atoms with Gasteiger partial charge in [-0.25, -0.2) is 19.9 Å². The number of imidazole rings is 2. The van der Waals surface area contributed by atoms with Crippen molar-refractivity contribution in [1.29, 1.82) is 0 Å². The molecule has 19 heteroatoms. The van der Waals surface area contributed by atoms with Crippen molar-refractivity contribution < 1.29 is 42.5 Å². The van der Waals surface area contributed by atoms with Crippen LogP contribution in [0.25, 0.3) is 22.1 Å². The van der Waals surface area contributed by atoms with Crippen LogP contribution >= 0.6 is 0 Å². The fraction of sp³-hybridized carbons (Fsp3) is 0.405. The van der Waals surface area contributed by atoms with Crippen LogP contribution < -0.4 is 25.8 Å². The van der Waals surface area contributed by atoms with Gasteiger partial charge in [-0.3, -0.25) is 29.9 Å². The Morgan fingerprint density at radius 3 is 1.90 bits per heavy atom. The van der Waals surface area contributed by atoms with Crippen LogP contribution in [0.1, 0.15) is 80.5 Å². The van der Waals surface area contributed by atoms with Crippen molar-refractivity contribution in [2.75, 3.05) is 57.2 Å². The Morgan fingerprint density at radius 2 is 1.38 bits per heavy atom. The number of aliphatic hydroxyl groups is 1. The second-order valence-electron chi connectivity index (χ2n) is 14.4. The minimum atomic E-state index is -0.661. The number of aromatic nitrogens is 6. The number of amides is 3. The van der Waals surface area contributed by atoms with Crippen LogP contribution in [-0.2, 0) is 37.3 Å². The number of carbonyl (C=O) groups is 3. The van der Waals surface area contributed by atoms with E-state index in [4.69, 9.17) is 38.7 Å². The van der Waals surface area contributed by atoms with Gasteiger partial charge in [0, 0.05) is 52.1 Å². The van der Waals surface area contributed by atoms with Crippen molar-refractivity contribution in [2.24, 2.45) is 5.73 Å². The van der Waals surface area contributed by atoms with Gasteiger partial charge in [-0.05, 0) is 49.1 Å². The first-order valence-corrected chi connectivity index (χ1v) is 20.2. The topological polar surface area (TPSA) is 240 Å². The van der Waals surface area contributed by atoms with Crippen molar-refractivity contribution in [1.82, 2.24) is 34.0 Å². The zero-order valence-electron chi connectivity index (χ0n) is 34.9. The Hall–Kier alpha value is -6.57. The Balaban J connectivity index is 1.24. The van der Waals surface area contributed by atoms with Gasteiger partial charge in [0.15, 0.2) is 11.8 Å². The number of morpholine rings is 1. The number of oxazole rings is 2. The van der Waals surface area contributed by atoms with Crippen LogP contribution in [0.5, 0.6) is 11.5 Å². The van der Waals surface area contributed by atoms with Gasteiger partial charge in [0.25, 0.3) is 11.8 Å². The van der Waals surface area contributed by atoms with Crippen LogP contribution in [0, 0.1) is 13.8 Å². The number of nitrogens with zero attached hydrogens (tertiary/aromatic N) is 7. The number of hydrogen-bond acceptors (Lipinski definition) is 14. The highest BCUT2D eigenvalue weighted by Crippen LogP contribution is 2.33. The monoisotopic (exact) mass is 838 g/mol. The molecule has 0 unspecified atom stereocenters. The van der Waals surface area contributed by atoms with Crippen LogP contribution in [-0.4, -0.2) is 103 Å². The van der Waals surface area contributed by atoms with E-state index in [0.717, 1.165) is 19.6 Å². The average Bonchev–Trinajstić information content (AvgIpc) is 4.02. The number of benzene rings is 2. The number of primary amides is 1. The summed E-state index contributed by atoms with van der Waals surface area (Å²) in [6.07, 6.45) is 5.39. The highest BCUT2D eigenvalue weighted by molar-refractivity contribution is 6.04. The quantitative estimate of drug-likeness (QED) is 0.0686. The van der Waals surface area contributed by atoms with Gasteiger partial charge in [0.1, 0.15) is 22.5 Å². The van der Waals surface area contributed by atoms with E-state index in [9.17, 15) is 19.5 Å². The van der Waals surface area contributed by atoms with Crippen molar-refractivity contribution in [3.63, 3.8) is 0 Å². The van der Waals surface area contributed by atoms with Crippen molar-refractivity contribution in [2.45, 2.75) is 66.7 Å². The number of aryl methyl sites for hydroxylation is 4. The molecule has 4 aromatic heterocycles. The summed E-state index contributed by atoms with van der Waals surface area (Å²) in [5.74, 6) is 0.310. The lowest BCUT2D eigenvalue weighted by Gasteiger charge is -2.26. The molecule has 2 aromatic carbocycles. The van der Waals surface area contributed by atoms with E-state index in [-0.39, 0.29) is 48.7 Å². The Morgan fingerprint density at radius 1 is 0.820 bits per heavy atom. The van der Waals surface area contributed by atoms with Crippen molar-refractivity contribution in [3.05, 3.63) is 82.2 Å². The lowest BCUT2D eigenvalue weighted by Crippen LogP contribution is -2.37. The molecule has 5 N–H and O–H groups in total. The van der Waals surface area contributed by atoms with Gasteiger partial charge in [-0.15, -0.1) is 0 Å². The van der Waals surface area contributed by atoms with Gasteiger partial charge < -0.3 is 43.0 Å². The fourth-order valence-corrected chi connectivity index (χ4v) is 7.31. The molecule has 61 heavy (non-hydrogen) atoms. The van der Waals surface area contributed by atoms with E-state index in [1.807, 2.05) is 26.0 Å². The first kappa shape index (κ1) is 42.6. The molecule has 5 heterocycles. The number of fused-ring (bicyclic) bond motifs is 2. The molecular formula is C42H50N10O9. The number of nitrogens with two attached hydrogens (primary N) is 1. The van der Waals surface area contributed by atoms with Crippen LogP contribution in [0.2, 0.25) is 0 Å². The lowest BCUT2D eigenvalue weighted by molar-refractivity contribution is 0.0358. The SMILES string of the molecule is CCc1nc(C)oc1C(=O)Nc1nc2cc(CO)cc(OC)c2n1C/C=C/Cn1c(NC(=O)c2oc(C)nc2CC)nc2cc(C(N)=O)cc(OCCCN3CCOCC3)c21. The van der Waals surface area contributed by atoms with Crippen LogP contribution in [0.3, 0.4) is 0 Å². The smallest absolute Gasteiger partial charge is 0.295 e. The summed E-state index contributed by atoms with van der Waals surface area (Å²) >= 11 is 0. The molecule has 1 saturated heterocycles. The highest BCUT2D eigenvalue weighted by Gasteiger charge is 2.25. The van der Waals surface area contributed by atoms with E-state index in [0.29, 0.717) is 101 Å². The van der Waals surface area contributed by atoms with E-state index in [2.05, 4.69) is 25.5 Å². The summed E-state index contributed by atoms with van der Waals surface area (Å²) in [5, 5.41) is 15.7. The maximum absolute atomic E-state index is 13.7. The number of nitrogens with one attached hydrogen (secondary N) is 2. The van der Waals surface area contributed by atoms with E-state index < -0.39 is 17.7 Å². The predicted molar refractivity (Wildman–Crippen MR) is 224 cm³/mol. The molecule has 0 saturated carbocycles. The molecule has 0 atom stereocenters. The average molecular weight is 839 g/mol. The summed E-state index contributed by atoms with van der Waals surface area (Å²) in [5.41, 5.74) is 9.50. The van der Waals surface area contributed by atoms with E-state index in [1.165, 1.54) is 7.11 Å². The lowest BCUT2D eigenvalue weighted by atomic mass is 10.1. The maximum atomic E-state index is 13.7. The molecule has 0 bridgehead atoms. The van der Waals surface area contributed by atoms with Crippen molar-refractivity contribution >= 4 is 51.7 Å². The van der Waals surface area contributed by atoms with E-state index >= 15 is 0 Å². The molecule has 0 radical (unpaired) electrons. The van der Waals surface area contributed by atoms with Crippen LogP contribution in [0.15, 0.2) is 45.3 Å². The zero-order valence-corrected chi connectivity index (χ0v) is 34.9. The first-order chi connectivity index (χ1) is 29.5. The normalized spacial score (nSPS) is 13.4. The number of allylic oxidation sites excluding steroid dienone is 2. The second-order valence-corrected chi connectivity index (χ2v) is 14.4. The summed E-state index contributed by atoms with van der Waals surface area (Å²) in [6.45, 7) is 11.4. The van der Waals surface area contributed by atoms with E-state index in [1.54, 1.807) is 47.2 Å². The molecule has 19 nitrogen and oxygen atoms in total. The molecule has 0 aliphatic carbocycles. The third kappa shape index (κ3) is 9.28. The largest absolute Gasteiger partial charge is 0.494 e. The van der Waals surface area contributed by atoms with Crippen LogP contribution in [0.4, 0.5) is 11.9 Å². The van der Waals surface area contributed by atoms with Crippen molar-refractivity contribution in [3.8, 4) is 11.5 Å². The molecule has 1 aliphatic heterocycles. The highest BCUT2D eigenvalue weighted by atomic mass is 16.5. The number of rotatable bonds is 18. The molecule has 7 rings (SSSR count). The molecule has 3 amide bonds. The second kappa shape index (κ2) is 18.8. The Kier molecular flexibility index (Phi) is 13.1. The molecule has 0 spiro atoms. The minimum Gasteiger partial charge on any atom is -0.494 e. The zero-order chi connectivity index (χ0) is 43.2. The number of hydrogen-bond donors (Lipinski definition) is 4. The number of aliphatic hydroxyl groups excluding tert-OH is 1. The summed E-state index contributed by atoms with van der Waals surface area (Å²) in [6, 6.07) is 6.57. The number of methoxy groups -OCH3 is 1. The molecule has 1 aliphatic rings. The fourth-order valence-electron chi connectivity index (χ4n) is 7.31. The summed E-state index contributed by atoms with van der Waals surface area (Å²) in [4.78, 5) is 60.3. The predicted octanol–water partition coefficient (Wildman–Crippen LogP) is 4.57. The number of ether oxygens (including phenoxy) is 3. The Labute approximate surface area is 350 Å². The van der Waals surface area contributed by atoms with Gasteiger partial charge in [0.2, 0.25) is 29.3 Å². The molecule has 6 aromatic rings. The van der Waals surface area contributed by atoms with Gasteiger partial charge in [-0.2, -0.15) is 0 Å². The Bertz CT molecular complexity index is 2600. The number of anilines is 2. The summed E-state index contributed by atoms with van der Waals surface area (Å²) < 4.78 is 32.5. The van der Waals surface area contributed by atoms with Gasteiger partial charge >= 0.3 is 0 Å². The maximum Gasteiger partial charge on any atom is 0.295 e. The third-order valence-electron chi connectivity index (χ3n) is 10.2. The molecule has 1 fully saturated rings. The van der Waals surface area contributed by atoms with Gasteiger partial charge in [0.05, 0.1) is 56.0 Å². The standard InChI is InChI=1S/C42H50N10O9/c1-6-28-36(60-24(3)44-28)39(55)48-41-46-30-19-26(23-53)20-32(57-5)34(30)51(41)12-8-9-13-52-35-31(47-42(52)49-40(56)37-29(7-2)45-25(4)61-37)21-27(38(43)54)22-33(35)59-16-10-11-50-14-17-58-18-15-50/h8-9,19-22,53H,6-7,10-18,23H2,1-5H3,(H2,43,54)(H,46,48,55)(H,47,49,56)/b9-8+. The third-order valence-corrected chi connectivity index (χ3v) is 10.2. The molecular weight excluding hydrogens is 789 g/mol. The minimum absolute atomic E-state index is 0.0676.